The molecule has 3 rings (SSSR count). The minimum Gasteiger partial charge on any atom is -0.437 e. The second kappa shape index (κ2) is 5.78. The van der Waals surface area contributed by atoms with E-state index in [1.807, 2.05) is 12.1 Å². The van der Waals surface area contributed by atoms with Gasteiger partial charge in [0.15, 0.2) is 11.5 Å². The van der Waals surface area contributed by atoms with Crippen LogP contribution in [0.2, 0.25) is 0 Å². The number of nitrogens with two attached hydrogens (primary N) is 1. The summed E-state index contributed by atoms with van der Waals surface area (Å²) in [5.41, 5.74) is 8.49. The summed E-state index contributed by atoms with van der Waals surface area (Å²) in [7, 11) is 0. The maximum Gasteiger partial charge on any atom is 0.249 e. The Morgan fingerprint density at radius 3 is 2.71 bits per heavy atom. The van der Waals surface area contributed by atoms with Gasteiger partial charge in [-0.2, -0.15) is 0 Å². The van der Waals surface area contributed by atoms with Gasteiger partial charge in [0.2, 0.25) is 5.88 Å². The van der Waals surface area contributed by atoms with Crippen LogP contribution in [-0.2, 0) is 12.8 Å². The lowest BCUT2D eigenvalue weighted by Crippen LogP contribution is -2.16. The Hall–Kier alpha value is -2.63. The van der Waals surface area contributed by atoms with Crippen LogP contribution in [0.1, 0.15) is 29.7 Å². The predicted molar refractivity (Wildman–Crippen MR) is 77.7 cm³/mol. The molecule has 3 N–H and O–H groups in total. The monoisotopic (exact) mass is 284 g/mol. The zero-order chi connectivity index (χ0) is 14.7. The van der Waals surface area contributed by atoms with Crippen LogP contribution in [0, 0.1) is 0 Å². The van der Waals surface area contributed by atoms with E-state index in [9.17, 15) is 0 Å². The molecule has 0 spiro atoms. The molecule has 1 aliphatic carbocycles. The van der Waals surface area contributed by atoms with Crippen molar-refractivity contribution in [2.45, 2.75) is 25.7 Å². The lowest BCUT2D eigenvalue weighted by Gasteiger charge is -2.16. The van der Waals surface area contributed by atoms with E-state index in [0.29, 0.717) is 5.75 Å². The first-order valence-electron chi connectivity index (χ1n) is 6.86. The van der Waals surface area contributed by atoms with E-state index < -0.39 is 0 Å². The highest BCUT2D eigenvalue weighted by molar-refractivity contribution is 5.97. The van der Waals surface area contributed by atoms with E-state index in [-0.39, 0.29) is 17.4 Å². The molecule has 0 atom stereocenters. The van der Waals surface area contributed by atoms with Crippen LogP contribution < -0.4 is 10.5 Å². The SMILES string of the molecule is NC(=NO)c1nccnc1Oc1ccc2c(c1)CCCC2. The molecule has 6 heteroatoms. The first-order chi connectivity index (χ1) is 10.3. The molecule has 0 fully saturated rings. The van der Waals surface area contributed by atoms with E-state index in [4.69, 9.17) is 15.7 Å². The molecule has 1 aromatic carbocycles. The Balaban J connectivity index is 1.90. The van der Waals surface area contributed by atoms with Gasteiger partial charge >= 0.3 is 0 Å². The third-order valence-electron chi connectivity index (χ3n) is 3.55. The number of hydrogen-bond donors (Lipinski definition) is 2. The van der Waals surface area contributed by atoms with Crippen molar-refractivity contribution >= 4 is 5.84 Å². The maximum absolute atomic E-state index is 8.78. The van der Waals surface area contributed by atoms with Crippen LogP contribution >= 0.6 is 0 Å². The molecule has 6 nitrogen and oxygen atoms in total. The average molecular weight is 284 g/mol. The molecule has 21 heavy (non-hydrogen) atoms. The van der Waals surface area contributed by atoms with Gasteiger partial charge in [-0.25, -0.2) is 9.97 Å². The molecule has 0 amide bonds. The van der Waals surface area contributed by atoms with Crippen LogP contribution in [-0.4, -0.2) is 21.0 Å². The van der Waals surface area contributed by atoms with Gasteiger partial charge in [0.25, 0.3) is 0 Å². The topological polar surface area (TPSA) is 93.6 Å². The van der Waals surface area contributed by atoms with Crippen LogP contribution in [0.5, 0.6) is 11.6 Å². The Bertz CT molecular complexity index is 685. The summed E-state index contributed by atoms with van der Waals surface area (Å²) in [6.07, 6.45) is 7.60. The minimum atomic E-state index is -0.129. The summed E-state index contributed by atoms with van der Waals surface area (Å²) in [4.78, 5) is 8.13. The number of rotatable bonds is 3. The molecule has 0 saturated carbocycles. The molecule has 1 aliphatic rings. The standard InChI is InChI=1S/C15H16N4O2/c16-14(19-20)13-15(18-8-7-17-13)21-12-6-5-10-3-1-2-4-11(10)9-12/h5-9,20H,1-4H2,(H2,16,19). The van der Waals surface area contributed by atoms with E-state index in [2.05, 4.69) is 21.2 Å². The summed E-state index contributed by atoms with van der Waals surface area (Å²) in [5, 5.41) is 11.7. The highest BCUT2D eigenvalue weighted by Gasteiger charge is 2.14. The van der Waals surface area contributed by atoms with Crippen LogP contribution in [0.4, 0.5) is 0 Å². The number of hydrogen-bond acceptors (Lipinski definition) is 5. The average Bonchev–Trinajstić information content (AvgIpc) is 2.54. The lowest BCUT2D eigenvalue weighted by molar-refractivity contribution is 0.318. The molecule has 0 unspecified atom stereocenters. The number of amidine groups is 1. The van der Waals surface area contributed by atoms with Gasteiger partial charge in [-0.15, -0.1) is 0 Å². The van der Waals surface area contributed by atoms with Crippen molar-refractivity contribution in [3.05, 3.63) is 47.4 Å². The third kappa shape index (κ3) is 2.79. The third-order valence-corrected chi connectivity index (χ3v) is 3.55. The van der Waals surface area contributed by atoms with Gasteiger partial charge in [-0.1, -0.05) is 11.2 Å². The van der Waals surface area contributed by atoms with Gasteiger partial charge in [-0.3, -0.25) is 0 Å². The first kappa shape index (κ1) is 13.4. The molecule has 1 heterocycles. The van der Waals surface area contributed by atoms with Crippen molar-refractivity contribution in [3.8, 4) is 11.6 Å². The smallest absolute Gasteiger partial charge is 0.249 e. The van der Waals surface area contributed by atoms with E-state index in [1.54, 1.807) is 0 Å². The number of aryl methyl sites for hydroxylation is 2. The highest BCUT2D eigenvalue weighted by Crippen LogP contribution is 2.28. The van der Waals surface area contributed by atoms with Gasteiger partial charge in [0.1, 0.15) is 5.75 Å². The van der Waals surface area contributed by atoms with E-state index in [1.165, 1.54) is 36.4 Å². The quantitative estimate of drug-likeness (QED) is 0.390. The van der Waals surface area contributed by atoms with Crippen LogP contribution in [0.25, 0.3) is 0 Å². The molecular weight excluding hydrogens is 268 g/mol. The molecule has 2 aromatic rings. The molecule has 0 radical (unpaired) electrons. The molecule has 1 aromatic heterocycles. The van der Waals surface area contributed by atoms with Gasteiger partial charge in [0.05, 0.1) is 0 Å². The molecule has 0 saturated heterocycles. The normalized spacial score (nSPS) is 14.6. The number of fused-ring (bicyclic) bond motifs is 1. The van der Waals surface area contributed by atoms with Crippen molar-refractivity contribution in [1.82, 2.24) is 9.97 Å². The van der Waals surface area contributed by atoms with Crippen molar-refractivity contribution in [3.63, 3.8) is 0 Å². The highest BCUT2D eigenvalue weighted by atomic mass is 16.5. The van der Waals surface area contributed by atoms with Crippen molar-refractivity contribution < 1.29 is 9.94 Å². The predicted octanol–water partition coefficient (Wildman–Crippen LogP) is 2.24. The summed E-state index contributed by atoms with van der Waals surface area (Å²) in [6, 6.07) is 6.03. The second-order valence-corrected chi connectivity index (χ2v) is 4.94. The van der Waals surface area contributed by atoms with Crippen molar-refractivity contribution in [1.29, 1.82) is 0 Å². The maximum atomic E-state index is 8.78. The molecule has 108 valence electrons. The number of nitrogens with zero attached hydrogens (tertiary/aromatic N) is 3. The Kier molecular flexibility index (Phi) is 3.68. The van der Waals surface area contributed by atoms with E-state index in [0.717, 1.165) is 12.8 Å². The summed E-state index contributed by atoms with van der Waals surface area (Å²) in [6.45, 7) is 0. The van der Waals surface area contributed by atoms with Gasteiger partial charge in [-0.05, 0) is 48.9 Å². The van der Waals surface area contributed by atoms with Gasteiger partial charge < -0.3 is 15.7 Å². The Labute approximate surface area is 122 Å². The van der Waals surface area contributed by atoms with E-state index >= 15 is 0 Å². The first-order valence-corrected chi connectivity index (χ1v) is 6.86. The second-order valence-electron chi connectivity index (χ2n) is 4.94. The van der Waals surface area contributed by atoms with Crippen molar-refractivity contribution in [2.75, 3.05) is 0 Å². The lowest BCUT2D eigenvalue weighted by atomic mass is 9.92. The number of aromatic nitrogens is 2. The zero-order valence-electron chi connectivity index (χ0n) is 11.5. The molecular formula is C15H16N4O2. The fraction of sp³-hybridized carbons (Fsp3) is 0.267. The molecule has 0 bridgehead atoms. The molecule has 0 aliphatic heterocycles. The zero-order valence-corrected chi connectivity index (χ0v) is 11.5. The summed E-state index contributed by atoms with van der Waals surface area (Å²) < 4.78 is 5.75. The fourth-order valence-corrected chi connectivity index (χ4v) is 2.51. The van der Waals surface area contributed by atoms with Gasteiger partial charge in [0, 0.05) is 12.4 Å². The number of benzene rings is 1. The van der Waals surface area contributed by atoms with Crippen LogP contribution in [0.15, 0.2) is 35.7 Å². The summed E-state index contributed by atoms with van der Waals surface area (Å²) >= 11 is 0. The Morgan fingerprint density at radius 1 is 1.14 bits per heavy atom. The number of oxime groups is 1. The largest absolute Gasteiger partial charge is 0.437 e. The minimum absolute atomic E-state index is 0.129. The fourth-order valence-electron chi connectivity index (χ4n) is 2.51. The summed E-state index contributed by atoms with van der Waals surface area (Å²) in [5.74, 6) is 0.780. The van der Waals surface area contributed by atoms with Crippen LogP contribution in [0.3, 0.4) is 0 Å². The Morgan fingerprint density at radius 2 is 1.90 bits per heavy atom. The van der Waals surface area contributed by atoms with Crippen molar-refractivity contribution in [2.24, 2.45) is 10.9 Å². The number of ether oxygens (including phenoxy) is 1.